The Kier molecular flexibility index (Phi) is 7.83. The van der Waals surface area contributed by atoms with Crippen molar-refractivity contribution in [2.75, 3.05) is 25.3 Å². The molecule has 8 heteroatoms. The van der Waals surface area contributed by atoms with E-state index in [1.165, 1.54) is 17.3 Å². The molecule has 4 rings (SSSR count). The van der Waals surface area contributed by atoms with Crippen molar-refractivity contribution in [1.29, 1.82) is 0 Å². The average molecular weight is 475 g/mol. The van der Waals surface area contributed by atoms with E-state index in [4.69, 9.17) is 9.47 Å². The fourth-order valence-corrected chi connectivity index (χ4v) is 4.23. The number of methoxy groups -OCH3 is 2. The topological polar surface area (TPSA) is 78.3 Å². The number of rotatable bonds is 10. The van der Waals surface area contributed by atoms with Crippen LogP contribution in [0.25, 0.3) is 11.4 Å². The van der Waals surface area contributed by atoms with Crippen LogP contribution in [0.1, 0.15) is 5.56 Å². The van der Waals surface area contributed by atoms with Gasteiger partial charge in [-0.15, -0.1) is 10.2 Å². The maximum atomic E-state index is 12.6. The molecule has 0 fully saturated rings. The Morgan fingerprint density at radius 2 is 1.68 bits per heavy atom. The molecule has 1 heterocycles. The highest BCUT2D eigenvalue weighted by atomic mass is 32.2. The van der Waals surface area contributed by atoms with E-state index in [-0.39, 0.29) is 11.7 Å². The van der Waals surface area contributed by atoms with Gasteiger partial charge in [0.2, 0.25) is 5.91 Å². The molecule has 174 valence electrons. The van der Waals surface area contributed by atoms with E-state index in [9.17, 15) is 4.79 Å². The van der Waals surface area contributed by atoms with Crippen LogP contribution in [0.15, 0.2) is 84.0 Å². The lowest BCUT2D eigenvalue weighted by Crippen LogP contribution is -2.15. The van der Waals surface area contributed by atoms with Crippen LogP contribution < -0.4 is 14.8 Å². The van der Waals surface area contributed by atoms with Crippen molar-refractivity contribution in [2.24, 2.45) is 0 Å². The number of thioether (sulfide) groups is 1. The van der Waals surface area contributed by atoms with Gasteiger partial charge in [-0.25, -0.2) is 0 Å². The molecule has 3 aromatic carbocycles. The van der Waals surface area contributed by atoms with Crippen LogP contribution >= 0.6 is 11.8 Å². The van der Waals surface area contributed by atoms with Crippen molar-refractivity contribution in [3.63, 3.8) is 0 Å². The summed E-state index contributed by atoms with van der Waals surface area (Å²) in [5.41, 5.74) is 2.85. The number of hydrogen-bond acceptors (Lipinski definition) is 6. The highest BCUT2D eigenvalue weighted by Gasteiger charge is 2.16. The summed E-state index contributed by atoms with van der Waals surface area (Å²) in [7, 11) is 3.24. The summed E-state index contributed by atoms with van der Waals surface area (Å²) in [5.74, 6) is 2.32. The van der Waals surface area contributed by atoms with E-state index in [1.54, 1.807) is 20.3 Å². The van der Waals surface area contributed by atoms with Crippen LogP contribution in [-0.2, 0) is 17.8 Å². The van der Waals surface area contributed by atoms with Gasteiger partial charge in [-0.3, -0.25) is 4.79 Å². The zero-order valence-corrected chi connectivity index (χ0v) is 19.9. The molecule has 0 spiro atoms. The maximum absolute atomic E-state index is 12.6. The zero-order chi connectivity index (χ0) is 23.8. The first kappa shape index (κ1) is 23.4. The van der Waals surface area contributed by atoms with Crippen molar-refractivity contribution in [3.05, 3.63) is 84.4 Å². The van der Waals surface area contributed by atoms with Crippen LogP contribution in [0.3, 0.4) is 0 Å². The van der Waals surface area contributed by atoms with E-state index in [2.05, 4.69) is 32.2 Å². The summed E-state index contributed by atoms with van der Waals surface area (Å²) in [6.45, 7) is 0.693. The summed E-state index contributed by atoms with van der Waals surface area (Å²) in [5, 5.41) is 12.4. The molecular formula is C26H26N4O3S. The molecule has 0 saturated carbocycles. The van der Waals surface area contributed by atoms with Gasteiger partial charge in [-0.1, -0.05) is 48.2 Å². The molecule has 7 nitrogen and oxygen atoms in total. The number of carbonyl (C=O) groups excluding carboxylic acids is 1. The normalized spacial score (nSPS) is 10.6. The molecule has 0 unspecified atom stereocenters. The van der Waals surface area contributed by atoms with Gasteiger partial charge in [-0.05, 0) is 48.4 Å². The summed E-state index contributed by atoms with van der Waals surface area (Å²) in [4.78, 5) is 12.6. The van der Waals surface area contributed by atoms with Gasteiger partial charge in [0.15, 0.2) is 11.0 Å². The number of carbonyl (C=O) groups is 1. The average Bonchev–Trinajstić information content (AvgIpc) is 3.29. The van der Waals surface area contributed by atoms with Gasteiger partial charge in [0.1, 0.15) is 11.5 Å². The smallest absolute Gasteiger partial charge is 0.234 e. The summed E-state index contributed by atoms with van der Waals surface area (Å²) >= 11 is 1.36. The van der Waals surface area contributed by atoms with E-state index < -0.39 is 0 Å². The van der Waals surface area contributed by atoms with Crippen LogP contribution in [0.5, 0.6) is 11.5 Å². The second kappa shape index (κ2) is 11.4. The largest absolute Gasteiger partial charge is 0.497 e. The number of anilines is 1. The SMILES string of the molecule is COc1ccc(-c2nnc(SCC(=O)Nc3cccc(OC)c3)n2CCc2ccccc2)cc1. The molecule has 0 bridgehead atoms. The minimum atomic E-state index is -0.123. The minimum absolute atomic E-state index is 0.123. The number of hydrogen-bond donors (Lipinski definition) is 1. The van der Waals surface area contributed by atoms with E-state index in [1.807, 2.05) is 60.7 Å². The van der Waals surface area contributed by atoms with E-state index in [0.717, 1.165) is 23.6 Å². The number of aryl methyl sites for hydroxylation is 1. The third kappa shape index (κ3) is 5.96. The van der Waals surface area contributed by atoms with Gasteiger partial charge >= 0.3 is 0 Å². The lowest BCUT2D eigenvalue weighted by molar-refractivity contribution is -0.113. The molecule has 0 radical (unpaired) electrons. The highest BCUT2D eigenvalue weighted by molar-refractivity contribution is 7.99. The molecule has 34 heavy (non-hydrogen) atoms. The molecule has 0 aliphatic rings. The quantitative estimate of drug-likeness (QED) is 0.328. The van der Waals surface area contributed by atoms with Gasteiger partial charge in [0, 0.05) is 23.9 Å². The summed E-state index contributed by atoms with van der Waals surface area (Å²) < 4.78 is 12.6. The third-order valence-corrected chi connectivity index (χ3v) is 6.18. The van der Waals surface area contributed by atoms with Gasteiger partial charge in [0.05, 0.1) is 20.0 Å². The molecule has 4 aromatic rings. The van der Waals surface area contributed by atoms with E-state index in [0.29, 0.717) is 23.1 Å². The maximum Gasteiger partial charge on any atom is 0.234 e. The monoisotopic (exact) mass is 474 g/mol. The molecule has 0 atom stereocenters. The van der Waals surface area contributed by atoms with Crippen LogP contribution in [-0.4, -0.2) is 40.6 Å². The zero-order valence-electron chi connectivity index (χ0n) is 19.1. The molecule has 1 N–H and O–H groups in total. The van der Waals surface area contributed by atoms with E-state index >= 15 is 0 Å². The van der Waals surface area contributed by atoms with Crippen molar-refractivity contribution < 1.29 is 14.3 Å². The second-order valence-corrected chi connectivity index (χ2v) is 8.43. The number of benzene rings is 3. The first-order valence-electron chi connectivity index (χ1n) is 10.8. The Labute approximate surface area is 203 Å². The predicted octanol–water partition coefficient (Wildman–Crippen LogP) is 4.94. The van der Waals surface area contributed by atoms with Crippen molar-refractivity contribution in [3.8, 4) is 22.9 Å². The Bertz CT molecular complexity index is 1230. The van der Waals surface area contributed by atoms with Gasteiger partial charge in [-0.2, -0.15) is 0 Å². The van der Waals surface area contributed by atoms with Crippen LogP contribution in [0, 0.1) is 0 Å². The van der Waals surface area contributed by atoms with Crippen LogP contribution in [0.2, 0.25) is 0 Å². The Morgan fingerprint density at radius 3 is 2.41 bits per heavy atom. The highest BCUT2D eigenvalue weighted by Crippen LogP contribution is 2.26. The molecule has 0 saturated heterocycles. The lowest BCUT2D eigenvalue weighted by atomic mass is 10.1. The first-order chi connectivity index (χ1) is 16.7. The first-order valence-corrected chi connectivity index (χ1v) is 11.8. The van der Waals surface area contributed by atoms with Crippen molar-refractivity contribution >= 4 is 23.4 Å². The van der Waals surface area contributed by atoms with Crippen molar-refractivity contribution in [1.82, 2.24) is 14.8 Å². The lowest BCUT2D eigenvalue weighted by Gasteiger charge is -2.11. The molecule has 1 aromatic heterocycles. The van der Waals surface area contributed by atoms with Crippen LogP contribution in [0.4, 0.5) is 5.69 Å². The number of aromatic nitrogens is 3. The summed E-state index contributed by atoms with van der Waals surface area (Å²) in [6.07, 6.45) is 0.825. The molecular weight excluding hydrogens is 448 g/mol. The standard InChI is InChI=1S/C26H26N4O3S/c1-32-22-13-11-20(12-14-22)25-28-29-26(30(25)16-15-19-7-4-3-5-8-19)34-18-24(31)27-21-9-6-10-23(17-21)33-2/h3-14,17H,15-16,18H2,1-2H3,(H,27,31). The number of nitrogens with one attached hydrogen (secondary N) is 1. The Morgan fingerprint density at radius 1 is 0.912 bits per heavy atom. The number of ether oxygens (including phenoxy) is 2. The number of amides is 1. The Balaban J connectivity index is 1.50. The third-order valence-electron chi connectivity index (χ3n) is 5.22. The van der Waals surface area contributed by atoms with Gasteiger partial charge in [0.25, 0.3) is 0 Å². The molecule has 1 amide bonds. The Hall–Kier alpha value is -3.78. The predicted molar refractivity (Wildman–Crippen MR) is 135 cm³/mol. The fourth-order valence-electron chi connectivity index (χ4n) is 3.46. The fraction of sp³-hybridized carbons (Fsp3) is 0.192. The summed E-state index contributed by atoms with van der Waals surface area (Å²) in [6, 6.07) is 25.3. The molecule has 0 aliphatic carbocycles. The van der Waals surface area contributed by atoms with Gasteiger partial charge < -0.3 is 19.4 Å². The second-order valence-electron chi connectivity index (χ2n) is 7.49. The van der Waals surface area contributed by atoms with Crippen molar-refractivity contribution in [2.45, 2.75) is 18.1 Å². The molecule has 0 aliphatic heterocycles. The minimum Gasteiger partial charge on any atom is -0.497 e. The number of nitrogens with zero attached hydrogens (tertiary/aromatic N) is 3.